The Hall–Kier alpha value is -2.73. The van der Waals surface area contributed by atoms with Crippen molar-refractivity contribution in [1.29, 1.82) is 0 Å². The van der Waals surface area contributed by atoms with Crippen LogP contribution < -0.4 is 10.1 Å². The molecular weight excluding hydrogens is 354 g/mol. The predicted molar refractivity (Wildman–Crippen MR) is 98.3 cm³/mol. The minimum Gasteiger partial charge on any atom is -0.485 e. The number of hydrogen-bond donors (Lipinski definition) is 1. The van der Waals surface area contributed by atoms with E-state index in [0.29, 0.717) is 17.3 Å². The maximum absolute atomic E-state index is 12.2. The number of aryl methyl sites for hydroxylation is 3. The number of carbonyl (C=O) groups is 1. The van der Waals surface area contributed by atoms with Crippen molar-refractivity contribution in [1.82, 2.24) is 15.1 Å². The molecule has 0 bridgehead atoms. The van der Waals surface area contributed by atoms with Gasteiger partial charge in [-0.05, 0) is 55.8 Å². The van der Waals surface area contributed by atoms with Gasteiger partial charge in [0.05, 0.1) is 12.2 Å². The Balaban J connectivity index is 1.55. The molecule has 0 unspecified atom stereocenters. The van der Waals surface area contributed by atoms with Gasteiger partial charge >= 0.3 is 0 Å². The van der Waals surface area contributed by atoms with Crippen LogP contribution in [-0.2, 0) is 20.2 Å². The highest BCUT2D eigenvalue weighted by molar-refractivity contribution is 6.30. The first-order valence-corrected chi connectivity index (χ1v) is 8.55. The van der Waals surface area contributed by atoms with Crippen molar-refractivity contribution in [2.45, 2.75) is 27.0 Å². The van der Waals surface area contributed by atoms with Crippen LogP contribution >= 0.6 is 11.6 Å². The quantitative estimate of drug-likeness (QED) is 0.713. The second-order valence-electron chi connectivity index (χ2n) is 6.05. The molecule has 2 heterocycles. The van der Waals surface area contributed by atoms with E-state index in [4.69, 9.17) is 20.8 Å². The number of nitrogens with zero attached hydrogens (tertiary/aromatic N) is 2. The third-order valence-electron chi connectivity index (χ3n) is 3.99. The second kappa shape index (κ2) is 7.66. The molecule has 7 heteroatoms. The molecule has 136 valence electrons. The van der Waals surface area contributed by atoms with Crippen LogP contribution in [0.5, 0.6) is 5.75 Å². The molecule has 0 saturated heterocycles. The Bertz CT molecular complexity index is 911. The Kier molecular flexibility index (Phi) is 5.32. The summed E-state index contributed by atoms with van der Waals surface area (Å²) in [4.78, 5) is 12.2. The van der Waals surface area contributed by atoms with Crippen molar-refractivity contribution in [2.24, 2.45) is 7.05 Å². The lowest BCUT2D eigenvalue weighted by molar-refractivity contribution is 0.0918. The van der Waals surface area contributed by atoms with E-state index in [1.54, 1.807) is 22.9 Å². The zero-order valence-corrected chi connectivity index (χ0v) is 15.6. The number of aromatic nitrogens is 2. The number of furan rings is 1. The molecule has 1 N–H and O–H groups in total. The molecule has 0 saturated carbocycles. The van der Waals surface area contributed by atoms with Crippen LogP contribution in [0.3, 0.4) is 0 Å². The number of amides is 1. The third-order valence-corrected chi connectivity index (χ3v) is 4.22. The van der Waals surface area contributed by atoms with Crippen molar-refractivity contribution in [3.8, 4) is 5.75 Å². The Morgan fingerprint density at radius 1 is 1.27 bits per heavy atom. The first-order valence-electron chi connectivity index (χ1n) is 8.18. The standard InChI is InChI=1S/C19H20ClN3O3/c1-12-8-14(20)4-6-17(12)25-11-16-5-7-18(26-16)19(24)21-10-15-9-13(2)23(3)22-15/h4-9H,10-11H2,1-3H3,(H,21,24). The third kappa shape index (κ3) is 4.26. The second-order valence-corrected chi connectivity index (χ2v) is 6.48. The highest BCUT2D eigenvalue weighted by Crippen LogP contribution is 2.23. The van der Waals surface area contributed by atoms with Gasteiger partial charge in [0.15, 0.2) is 5.76 Å². The van der Waals surface area contributed by atoms with E-state index in [0.717, 1.165) is 22.7 Å². The highest BCUT2D eigenvalue weighted by Gasteiger charge is 2.12. The van der Waals surface area contributed by atoms with Crippen LogP contribution in [0, 0.1) is 13.8 Å². The fourth-order valence-corrected chi connectivity index (χ4v) is 2.71. The molecule has 1 amide bonds. The van der Waals surface area contributed by atoms with Crippen molar-refractivity contribution in [3.63, 3.8) is 0 Å². The Morgan fingerprint density at radius 3 is 2.77 bits per heavy atom. The highest BCUT2D eigenvalue weighted by atomic mass is 35.5. The minimum absolute atomic E-state index is 0.231. The first kappa shape index (κ1) is 18.1. The summed E-state index contributed by atoms with van der Waals surface area (Å²) in [6, 6.07) is 10.7. The monoisotopic (exact) mass is 373 g/mol. The van der Waals surface area contributed by atoms with Gasteiger partial charge in [-0.2, -0.15) is 5.10 Å². The Morgan fingerprint density at radius 2 is 2.08 bits per heavy atom. The lowest BCUT2D eigenvalue weighted by atomic mass is 10.2. The molecule has 3 aromatic rings. The average molecular weight is 374 g/mol. The van der Waals surface area contributed by atoms with Gasteiger partial charge < -0.3 is 14.5 Å². The summed E-state index contributed by atoms with van der Waals surface area (Å²) >= 11 is 5.93. The molecule has 0 radical (unpaired) electrons. The molecule has 0 spiro atoms. The SMILES string of the molecule is Cc1cc(Cl)ccc1OCc1ccc(C(=O)NCc2cc(C)n(C)n2)o1. The summed E-state index contributed by atoms with van der Waals surface area (Å²) in [5.41, 5.74) is 2.77. The van der Waals surface area contributed by atoms with Gasteiger partial charge in [0, 0.05) is 17.8 Å². The van der Waals surface area contributed by atoms with Gasteiger partial charge in [-0.3, -0.25) is 9.48 Å². The van der Waals surface area contributed by atoms with Gasteiger partial charge in [-0.15, -0.1) is 0 Å². The zero-order chi connectivity index (χ0) is 18.7. The van der Waals surface area contributed by atoms with Crippen molar-refractivity contribution < 1.29 is 13.9 Å². The largest absolute Gasteiger partial charge is 0.485 e. The number of hydrogen-bond acceptors (Lipinski definition) is 4. The van der Waals surface area contributed by atoms with E-state index >= 15 is 0 Å². The molecule has 26 heavy (non-hydrogen) atoms. The summed E-state index contributed by atoms with van der Waals surface area (Å²) in [7, 11) is 1.86. The summed E-state index contributed by atoms with van der Waals surface area (Å²) in [6.45, 7) is 4.45. The maximum Gasteiger partial charge on any atom is 0.287 e. The topological polar surface area (TPSA) is 69.3 Å². The molecule has 0 fully saturated rings. The minimum atomic E-state index is -0.290. The van der Waals surface area contributed by atoms with E-state index in [1.165, 1.54) is 0 Å². The van der Waals surface area contributed by atoms with Crippen LogP contribution in [0.2, 0.25) is 5.02 Å². The fraction of sp³-hybridized carbons (Fsp3) is 0.263. The van der Waals surface area contributed by atoms with E-state index in [2.05, 4.69) is 10.4 Å². The van der Waals surface area contributed by atoms with Gasteiger partial charge in [-0.25, -0.2) is 0 Å². The average Bonchev–Trinajstić information content (AvgIpc) is 3.19. The number of benzene rings is 1. The maximum atomic E-state index is 12.2. The fourth-order valence-electron chi connectivity index (χ4n) is 2.48. The van der Waals surface area contributed by atoms with Crippen LogP contribution in [0.1, 0.15) is 33.3 Å². The number of carbonyl (C=O) groups excluding carboxylic acids is 1. The zero-order valence-electron chi connectivity index (χ0n) is 14.9. The summed E-state index contributed by atoms with van der Waals surface area (Å²) in [5, 5.41) is 7.76. The van der Waals surface area contributed by atoms with Crippen LogP contribution in [0.4, 0.5) is 0 Å². The van der Waals surface area contributed by atoms with Gasteiger partial charge in [0.2, 0.25) is 0 Å². The van der Waals surface area contributed by atoms with Crippen LogP contribution in [0.25, 0.3) is 0 Å². The lowest BCUT2D eigenvalue weighted by Gasteiger charge is -2.07. The number of nitrogens with one attached hydrogen (secondary N) is 1. The van der Waals surface area contributed by atoms with E-state index in [1.807, 2.05) is 39.1 Å². The van der Waals surface area contributed by atoms with E-state index in [9.17, 15) is 4.79 Å². The first-order chi connectivity index (χ1) is 12.4. The molecule has 1 aromatic carbocycles. The number of ether oxygens (including phenoxy) is 1. The normalized spacial score (nSPS) is 10.8. The molecule has 6 nitrogen and oxygen atoms in total. The lowest BCUT2D eigenvalue weighted by Crippen LogP contribution is -2.22. The van der Waals surface area contributed by atoms with Gasteiger partial charge in [0.1, 0.15) is 18.1 Å². The molecular formula is C19H20ClN3O3. The number of halogens is 1. The molecule has 3 rings (SSSR count). The van der Waals surface area contributed by atoms with Gasteiger partial charge in [0.25, 0.3) is 5.91 Å². The van der Waals surface area contributed by atoms with E-state index < -0.39 is 0 Å². The smallest absolute Gasteiger partial charge is 0.287 e. The van der Waals surface area contributed by atoms with Crippen LogP contribution in [0.15, 0.2) is 40.8 Å². The van der Waals surface area contributed by atoms with Crippen molar-refractivity contribution in [3.05, 3.63) is 69.9 Å². The number of rotatable bonds is 6. The van der Waals surface area contributed by atoms with Crippen molar-refractivity contribution in [2.75, 3.05) is 0 Å². The van der Waals surface area contributed by atoms with Gasteiger partial charge in [-0.1, -0.05) is 11.6 Å². The van der Waals surface area contributed by atoms with E-state index in [-0.39, 0.29) is 18.3 Å². The molecule has 0 aliphatic heterocycles. The summed E-state index contributed by atoms with van der Waals surface area (Å²) in [5.74, 6) is 1.24. The molecule has 0 atom stereocenters. The summed E-state index contributed by atoms with van der Waals surface area (Å²) in [6.07, 6.45) is 0. The molecule has 2 aromatic heterocycles. The molecule has 0 aliphatic carbocycles. The van der Waals surface area contributed by atoms with Crippen LogP contribution in [-0.4, -0.2) is 15.7 Å². The Labute approximate surface area is 156 Å². The molecule has 0 aliphatic rings. The predicted octanol–water partition coefficient (Wildman–Crippen LogP) is 3.79. The summed E-state index contributed by atoms with van der Waals surface area (Å²) < 4.78 is 13.0. The van der Waals surface area contributed by atoms with Crippen molar-refractivity contribution >= 4 is 17.5 Å².